The van der Waals surface area contributed by atoms with Crippen LogP contribution in [0.15, 0.2) is 24.3 Å². The summed E-state index contributed by atoms with van der Waals surface area (Å²) < 4.78 is 0. The molecule has 0 aromatic rings. The quantitative estimate of drug-likeness (QED) is 0.374. The fourth-order valence-corrected chi connectivity index (χ4v) is 2.34. The van der Waals surface area contributed by atoms with E-state index >= 15 is 0 Å². The van der Waals surface area contributed by atoms with Gasteiger partial charge in [-0.2, -0.15) is 0 Å². The third kappa shape index (κ3) is 5.53. The van der Waals surface area contributed by atoms with Crippen LogP contribution in [0.1, 0.15) is 65.2 Å². The van der Waals surface area contributed by atoms with Gasteiger partial charge in [0.2, 0.25) is 0 Å². The van der Waals surface area contributed by atoms with Gasteiger partial charge in [0.1, 0.15) is 0 Å². The predicted octanol–water partition coefficient (Wildman–Crippen LogP) is 5.51. The van der Waals surface area contributed by atoms with E-state index in [1.807, 2.05) is 0 Å². The van der Waals surface area contributed by atoms with Crippen molar-refractivity contribution >= 4 is 0 Å². The molecule has 0 heteroatoms. The number of rotatable bonds is 8. The van der Waals surface area contributed by atoms with E-state index in [1.165, 1.54) is 51.4 Å². The second kappa shape index (κ2) is 8.61. The Morgan fingerprint density at radius 3 is 1.31 bits per heavy atom. The summed E-state index contributed by atoms with van der Waals surface area (Å²) >= 11 is 0. The van der Waals surface area contributed by atoms with E-state index in [2.05, 4.69) is 38.2 Å². The van der Waals surface area contributed by atoms with Gasteiger partial charge in [-0.3, -0.25) is 0 Å². The molecule has 0 amide bonds. The normalized spacial score (nSPS) is 23.9. The van der Waals surface area contributed by atoms with Crippen molar-refractivity contribution in [3.63, 3.8) is 0 Å². The van der Waals surface area contributed by atoms with E-state index in [1.54, 1.807) is 0 Å². The Kier molecular flexibility index (Phi) is 7.29. The number of allylic oxidation sites excluding steroid dienone is 4. The molecule has 0 aromatic heterocycles. The van der Waals surface area contributed by atoms with Crippen LogP contribution < -0.4 is 0 Å². The van der Waals surface area contributed by atoms with Crippen LogP contribution >= 0.6 is 0 Å². The van der Waals surface area contributed by atoms with Crippen LogP contribution in [0.2, 0.25) is 0 Å². The Balaban J connectivity index is 2.14. The highest BCUT2D eigenvalue weighted by atomic mass is 14.1. The lowest BCUT2D eigenvalue weighted by atomic mass is 9.89. The minimum atomic E-state index is 0.731. The van der Waals surface area contributed by atoms with E-state index < -0.39 is 0 Å². The van der Waals surface area contributed by atoms with Gasteiger partial charge in [-0.05, 0) is 24.7 Å². The maximum absolute atomic E-state index is 2.44. The van der Waals surface area contributed by atoms with Gasteiger partial charge in [0.25, 0.3) is 0 Å². The van der Waals surface area contributed by atoms with Gasteiger partial charge < -0.3 is 0 Å². The van der Waals surface area contributed by atoms with Gasteiger partial charge in [-0.25, -0.2) is 0 Å². The van der Waals surface area contributed by atoms with Gasteiger partial charge in [0.15, 0.2) is 0 Å². The molecule has 0 fully saturated rings. The first kappa shape index (κ1) is 13.5. The highest BCUT2D eigenvalue weighted by Crippen LogP contribution is 2.23. The van der Waals surface area contributed by atoms with Crippen molar-refractivity contribution in [2.24, 2.45) is 11.8 Å². The number of hydrogen-bond acceptors (Lipinski definition) is 0. The van der Waals surface area contributed by atoms with Gasteiger partial charge in [-0.15, -0.1) is 0 Å². The molecule has 1 rings (SSSR count). The zero-order valence-electron chi connectivity index (χ0n) is 11.1. The molecule has 16 heavy (non-hydrogen) atoms. The monoisotopic (exact) mass is 220 g/mol. The summed E-state index contributed by atoms with van der Waals surface area (Å²) in [6, 6.07) is 0. The van der Waals surface area contributed by atoms with Crippen LogP contribution in [0.4, 0.5) is 0 Å². The van der Waals surface area contributed by atoms with Gasteiger partial charge in [-0.1, -0.05) is 76.7 Å². The van der Waals surface area contributed by atoms with E-state index in [0.717, 1.165) is 11.8 Å². The second-order valence-corrected chi connectivity index (χ2v) is 5.09. The standard InChI is InChI=1S/C16H28/c1-3-5-7-9-15-11-13-16(14-12-15)10-8-6-4-2/h11-16H,3-10H2,1-2H3. The molecule has 0 saturated heterocycles. The zero-order valence-corrected chi connectivity index (χ0v) is 11.1. The zero-order chi connectivity index (χ0) is 11.6. The van der Waals surface area contributed by atoms with Crippen LogP contribution in [0.5, 0.6) is 0 Å². The summed E-state index contributed by atoms with van der Waals surface area (Å²) in [5, 5.41) is 0. The van der Waals surface area contributed by atoms with Gasteiger partial charge in [0.05, 0.1) is 0 Å². The van der Waals surface area contributed by atoms with Crippen LogP contribution in [0.3, 0.4) is 0 Å². The molecule has 0 spiro atoms. The summed E-state index contributed by atoms with van der Waals surface area (Å²) in [7, 11) is 0. The summed E-state index contributed by atoms with van der Waals surface area (Å²) in [5.41, 5.74) is 0. The van der Waals surface area contributed by atoms with E-state index in [-0.39, 0.29) is 0 Å². The lowest BCUT2D eigenvalue weighted by molar-refractivity contribution is 0.572. The van der Waals surface area contributed by atoms with E-state index in [9.17, 15) is 0 Å². The Hall–Kier alpha value is -0.520. The molecule has 0 heterocycles. The molecule has 1 aliphatic carbocycles. The fourth-order valence-electron chi connectivity index (χ4n) is 2.34. The summed E-state index contributed by atoms with van der Waals surface area (Å²) in [6.07, 6.45) is 20.7. The second-order valence-electron chi connectivity index (χ2n) is 5.09. The van der Waals surface area contributed by atoms with Crippen LogP contribution in [0, 0.1) is 11.8 Å². The molecule has 92 valence electrons. The van der Waals surface area contributed by atoms with Crippen LogP contribution in [-0.4, -0.2) is 0 Å². The van der Waals surface area contributed by atoms with Crippen LogP contribution in [-0.2, 0) is 0 Å². The van der Waals surface area contributed by atoms with Crippen molar-refractivity contribution in [1.29, 1.82) is 0 Å². The third-order valence-corrected chi connectivity index (χ3v) is 3.49. The highest BCUT2D eigenvalue weighted by molar-refractivity contribution is 5.13. The largest absolute Gasteiger partial charge is 0.0810 e. The molecule has 1 aliphatic rings. The minimum absolute atomic E-state index is 0.731. The number of unbranched alkanes of at least 4 members (excludes halogenated alkanes) is 4. The van der Waals surface area contributed by atoms with E-state index in [4.69, 9.17) is 0 Å². The molecule has 0 aromatic carbocycles. The smallest absolute Gasteiger partial charge is 0.00531 e. The van der Waals surface area contributed by atoms with Gasteiger partial charge >= 0.3 is 0 Å². The fraction of sp³-hybridized carbons (Fsp3) is 0.750. The van der Waals surface area contributed by atoms with Crippen LogP contribution in [0.25, 0.3) is 0 Å². The van der Waals surface area contributed by atoms with Crippen molar-refractivity contribution in [2.75, 3.05) is 0 Å². The summed E-state index contributed by atoms with van der Waals surface area (Å²) in [5.74, 6) is 1.46. The lowest BCUT2D eigenvalue weighted by Gasteiger charge is -2.16. The average Bonchev–Trinajstić information content (AvgIpc) is 2.32. The Bertz CT molecular complexity index is 176. The van der Waals surface area contributed by atoms with Crippen molar-refractivity contribution in [3.05, 3.63) is 24.3 Å². The molecule has 0 N–H and O–H groups in total. The molecular formula is C16H28. The average molecular weight is 220 g/mol. The van der Waals surface area contributed by atoms with Crippen molar-refractivity contribution in [1.82, 2.24) is 0 Å². The Morgan fingerprint density at radius 2 is 1.00 bits per heavy atom. The van der Waals surface area contributed by atoms with Gasteiger partial charge in [0, 0.05) is 0 Å². The summed E-state index contributed by atoms with van der Waals surface area (Å²) in [6.45, 7) is 4.55. The molecule has 0 bridgehead atoms. The van der Waals surface area contributed by atoms with Crippen molar-refractivity contribution < 1.29 is 0 Å². The molecule has 0 aliphatic heterocycles. The molecule has 0 radical (unpaired) electrons. The lowest BCUT2D eigenvalue weighted by Crippen LogP contribution is -2.02. The topological polar surface area (TPSA) is 0 Å². The molecule has 0 atom stereocenters. The first-order valence-corrected chi connectivity index (χ1v) is 7.23. The minimum Gasteiger partial charge on any atom is -0.0810 e. The maximum atomic E-state index is 2.44. The van der Waals surface area contributed by atoms with E-state index in [0.29, 0.717) is 0 Å². The maximum Gasteiger partial charge on any atom is -0.00531 e. The summed E-state index contributed by atoms with van der Waals surface area (Å²) in [4.78, 5) is 0. The molecule has 0 unspecified atom stereocenters. The molecule has 0 nitrogen and oxygen atoms in total. The molecular weight excluding hydrogens is 192 g/mol. The highest BCUT2D eigenvalue weighted by Gasteiger charge is 2.08. The third-order valence-electron chi connectivity index (χ3n) is 3.49. The Morgan fingerprint density at radius 1 is 0.625 bits per heavy atom. The van der Waals surface area contributed by atoms with Crippen molar-refractivity contribution in [2.45, 2.75) is 65.2 Å². The SMILES string of the molecule is CCCCCC1C=CC(CCCCC)C=C1. The molecule has 0 saturated carbocycles. The van der Waals surface area contributed by atoms with Crippen molar-refractivity contribution in [3.8, 4) is 0 Å². The first-order valence-electron chi connectivity index (χ1n) is 7.23. The Labute approximate surface area is 102 Å². The predicted molar refractivity (Wildman–Crippen MR) is 73.5 cm³/mol. The first-order chi connectivity index (χ1) is 7.86. The number of hydrogen-bond donors (Lipinski definition) is 0.